The molecule has 3 fully saturated rings. The van der Waals surface area contributed by atoms with Gasteiger partial charge in [-0.15, -0.1) is 12.8 Å². The molecule has 0 aromatic rings. The van der Waals surface area contributed by atoms with Gasteiger partial charge in [0.15, 0.2) is 0 Å². The van der Waals surface area contributed by atoms with Gasteiger partial charge in [-0.1, -0.05) is 30.3 Å². The standard InChI is InChI=1S/C9H15NO4.C6H6O/c1-2-3-8-5-12-9(4-10-11,13-6-8)14-7-8;1-3-5-7-6-4-2/h4,11H,2-3,5-7H2,1H3;1-2H,5-6H2/b10-4+;. The minimum Gasteiger partial charge on any atom is -0.411 e. The van der Waals surface area contributed by atoms with Crippen LogP contribution in [-0.2, 0) is 18.9 Å². The number of hydrogen-bond donors (Lipinski definition) is 1. The van der Waals surface area contributed by atoms with Gasteiger partial charge in [0.2, 0.25) is 0 Å². The average molecular weight is 295 g/mol. The summed E-state index contributed by atoms with van der Waals surface area (Å²) in [5.41, 5.74) is -0.000203. The van der Waals surface area contributed by atoms with Gasteiger partial charge >= 0.3 is 5.97 Å². The van der Waals surface area contributed by atoms with Gasteiger partial charge in [0.25, 0.3) is 0 Å². The van der Waals surface area contributed by atoms with Gasteiger partial charge in [0.05, 0.1) is 19.8 Å². The van der Waals surface area contributed by atoms with Crippen LogP contribution in [0, 0.1) is 30.1 Å². The van der Waals surface area contributed by atoms with Crippen molar-refractivity contribution in [3.05, 3.63) is 0 Å². The normalized spacial score (nSPS) is 30.2. The molecule has 3 saturated heterocycles. The molecule has 0 saturated carbocycles. The second kappa shape index (κ2) is 8.66. The summed E-state index contributed by atoms with van der Waals surface area (Å²) in [6.45, 7) is 4.56. The predicted octanol–water partition coefficient (Wildman–Crippen LogP) is 1.23. The van der Waals surface area contributed by atoms with Gasteiger partial charge in [-0.3, -0.25) is 0 Å². The monoisotopic (exact) mass is 295 g/mol. The summed E-state index contributed by atoms with van der Waals surface area (Å²) in [4.78, 5) is 0. The number of fused-ring (bicyclic) bond motifs is 3. The van der Waals surface area contributed by atoms with Crippen LogP contribution in [-0.4, -0.2) is 50.4 Å². The number of rotatable bonds is 5. The minimum atomic E-state index is -1.23. The second-order valence-electron chi connectivity index (χ2n) is 4.87. The van der Waals surface area contributed by atoms with Crippen molar-refractivity contribution in [1.82, 2.24) is 0 Å². The maximum absolute atomic E-state index is 8.43. The predicted molar refractivity (Wildman–Crippen MR) is 76.7 cm³/mol. The summed E-state index contributed by atoms with van der Waals surface area (Å²) >= 11 is 0. The fourth-order valence-electron chi connectivity index (χ4n) is 2.11. The fourth-order valence-corrected chi connectivity index (χ4v) is 2.11. The first-order chi connectivity index (χ1) is 10.2. The Labute approximate surface area is 125 Å². The van der Waals surface area contributed by atoms with Crippen LogP contribution in [0.2, 0.25) is 0 Å². The smallest absolute Gasteiger partial charge is 0.326 e. The third-order valence-electron chi connectivity index (χ3n) is 3.11. The van der Waals surface area contributed by atoms with Crippen molar-refractivity contribution in [2.24, 2.45) is 10.6 Å². The lowest BCUT2D eigenvalue weighted by Gasteiger charge is -2.50. The summed E-state index contributed by atoms with van der Waals surface area (Å²) < 4.78 is 20.9. The van der Waals surface area contributed by atoms with E-state index in [0.717, 1.165) is 19.1 Å². The molecule has 0 spiro atoms. The zero-order valence-corrected chi connectivity index (χ0v) is 12.2. The molecule has 6 nitrogen and oxygen atoms in total. The second-order valence-corrected chi connectivity index (χ2v) is 4.87. The Bertz CT molecular complexity index is 382. The molecule has 0 unspecified atom stereocenters. The topological polar surface area (TPSA) is 69.5 Å². The molecule has 3 heterocycles. The lowest BCUT2D eigenvalue weighted by atomic mass is 9.84. The SMILES string of the molecule is C#CCOCC#C.CCCC12COC(/C=N/O)(OC1)OC2. The maximum atomic E-state index is 8.43. The number of nitrogens with zero attached hydrogens (tertiary/aromatic N) is 1. The van der Waals surface area contributed by atoms with Crippen molar-refractivity contribution in [3.63, 3.8) is 0 Å². The largest absolute Gasteiger partial charge is 0.411 e. The number of terminal acetylenes is 2. The Kier molecular flexibility index (Phi) is 7.21. The van der Waals surface area contributed by atoms with E-state index in [1.54, 1.807) is 0 Å². The molecule has 0 aromatic heterocycles. The zero-order chi connectivity index (χ0) is 15.6. The molecule has 0 aliphatic carbocycles. The Morgan fingerprint density at radius 2 is 1.71 bits per heavy atom. The molecule has 2 bridgehead atoms. The molecule has 0 aromatic carbocycles. The van der Waals surface area contributed by atoms with Crippen LogP contribution in [0.1, 0.15) is 19.8 Å². The highest BCUT2D eigenvalue weighted by atomic mass is 16.9. The molecular weight excluding hydrogens is 274 g/mol. The van der Waals surface area contributed by atoms with Crippen LogP contribution >= 0.6 is 0 Å². The number of ether oxygens (including phenoxy) is 4. The molecule has 0 radical (unpaired) electrons. The van der Waals surface area contributed by atoms with E-state index >= 15 is 0 Å². The van der Waals surface area contributed by atoms with Gasteiger partial charge in [0.1, 0.15) is 19.4 Å². The first-order valence-corrected chi connectivity index (χ1v) is 6.71. The molecule has 3 aliphatic heterocycles. The summed E-state index contributed by atoms with van der Waals surface area (Å²) in [5, 5.41) is 11.3. The van der Waals surface area contributed by atoms with Gasteiger partial charge in [0, 0.05) is 5.41 Å². The van der Waals surface area contributed by atoms with Crippen LogP contribution in [0.3, 0.4) is 0 Å². The zero-order valence-electron chi connectivity index (χ0n) is 12.2. The van der Waals surface area contributed by atoms with Crippen LogP contribution in [0.4, 0.5) is 0 Å². The number of oxime groups is 1. The molecule has 116 valence electrons. The third-order valence-corrected chi connectivity index (χ3v) is 3.11. The van der Waals surface area contributed by atoms with Gasteiger partial charge in [-0.05, 0) is 6.42 Å². The van der Waals surface area contributed by atoms with Crippen molar-refractivity contribution < 1.29 is 24.2 Å². The Balaban J connectivity index is 0.000000270. The summed E-state index contributed by atoms with van der Waals surface area (Å²) in [6, 6.07) is 0. The van der Waals surface area contributed by atoms with E-state index in [9.17, 15) is 0 Å². The molecular formula is C15H21NO5. The molecule has 0 atom stereocenters. The van der Waals surface area contributed by atoms with E-state index in [4.69, 9.17) is 32.3 Å². The van der Waals surface area contributed by atoms with Crippen molar-refractivity contribution in [3.8, 4) is 24.7 Å². The molecule has 1 N–H and O–H groups in total. The molecule has 0 amide bonds. The van der Waals surface area contributed by atoms with E-state index in [2.05, 4.69) is 28.7 Å². The van der Waals surface area contributed by atoms with E-state index in [0.29, 0.717) is 33.0 Å². The highest BCUT2D eigenvalue weighted by Crippen LogP contribution is 2.40. The van der Waals surface area contributed by atoms with E-state index < -0.39 is 5.97 Å². The number of hydrogen-bond acceptors (Lipinski definition) is 6. The van der Waals surface area contributed by atoms with Crippen LogP contribution in [0.25, 0.3) is 0 Å². The molecule has 3 rings (SSSR count). The Hall–Kier alpha value is -1.57. The van der Waals surface area contributed by atoms with Crippen molar-refractivity contribution in [1.29, 1.82) is 0 Å². The van der Waals surface area contributed by atoms with Crippen molar-refractivity contribution in [2.45, 2.75) is 25.7 Å². The first-order valence-electron chi connectivity index (χ1n) is 6.71. The van der Waals surface area contributed by atoms with Crippen molar-refractivity contribution >= 4 is 6.21 Å². The summed E-state index contributed by atoms with van der Waals surface area (Å²) in [7, 11) is 0. The van der Waals surface area contributed by atoms with Gasteiger partial charge in [-0.25, -0.2) is 0 Å². The lowest BCUT2D eigenvalue weighted by Crippen LogP contribution is -2.60. The molecule has 6 heteroatoms. The van der Waals surface area contributed by atoms with E-state index in [1.165, 1.54) is 0 Å². The minimum absolute atomic E-state index is 0.000203. The van der Waals surface area contributed by atoms with Gasteiger partial charge < -0.3 is 24.2 Å². The van der Waals surface area contributed by atoms with E-state index in [1.807, 2.05) is 0 Å². The molecule has 21 heavy (non-hydrogen) atoms. The van der Waals surface area contributed by atoms with Crippen LogP contribution in [0.15, 0.2) is 5.16 Å². The maximum Gasteiger partial charge on any atom is 0.326 e. The Morgan fingerprint density at radius 3 is 2.10 bits per heavy atom. The van der Waals surface area contributed by atoms with Crippen molar-refractivity contribution in [2.75, 3.05) is 33.0 Å². The summed E-state index contributed by atoms with van der Waals surface area (Å²) in [5.74, 6) is 3.34. The van der Waals surface area contributed by atoms with Crippen LogP contribution < -0.4 is 0 Å². The molecule has 3 aliphatic rings. The van der Waals surface area contributed by atoms with E-state index in [-0.39, 0.29) is 5.41 Å². The highest BCUT2D eigenvalue weighted by Gasteiger charge is 2.51. The quantitative estimate of drug-likeness (QED) is 0.272. The third kappa shape index (κ3) is 5.04. The average Bonchev–Trinajstić information content (AvgIpc) is 2.51. The Morgan fingerprint density at radius 1 is 1.19 bits per heavy atom. The van der Waals surface area contributed by atoms with Crippen LogP contribution in [0.5, 0.6) is 0 Å². The van der Waals surface area contributed by atoms with Gasteiger partial charge in [-0.2, -0.15) is 0 Å². The fraction of sp³-hybridized carbons (Fsp3) is 0.667. The highest BCUT2D eigenvalue weighted by molar-refractivity contribution is 5.64. The summed E-state index contributed by atoms with van der Waals surface area (Å²) in [6.07, 6.45) is 12.9. The lowest BCUT2D eigenvalue weighted by molar-refractivity contribution is -0.431. The first kappa shape index (κ1) is 17.5.